The standard InChI is InChI=1S/C15H12F2N2O5/c1-23-13-7-6-9(8-11(13)19(21)22)14(20)18-10-4-2-3-5-12(10)24-15(16)17/h2-8,15H,1H3,(H,18,20). The predicted octanol–water partition coefficient (Wildman–Crippen LogP) is 3.46. The van der Waals surface area contributed by atoms with Gasteiger partial charge in [0.2, 0.25) is 0 Å². The normalized spacial score (nSPS) is 10.3. The number of carbonyl (C=O) groups is 1. The van der Waals surface area contributed by atoms with Crippen LogP contribution < -0.4 is 14.8 Å². The molecule has 0 spiro atoms. The number of para-hydroxylation sites is 2. The molecular formula is C15H12F2N2O5. The molecule has 2 rings (SSSR count). The maximum absolute atomic E-state index is 12.4. The number of halogens is 2. The second kappa shape index (κ2) is 7.36. The molecule has 0 saturated carbocycles. The maximum atomic E-state index is 12.4. The topological polar surface area (TPSA) is 90.7 Å². The van der Waals surface area contributed by atoms with Gasteiger partial charge in [0.1, 0.15) is 5.75 Å². The highest BCUT2D eigenvalue weighted by Gasteiger charge is 2.19. The number of alkyl halides is 2. The van der Waals surface area contributed by atoms with Crippen LogP contribution in [-0.2, 0) is 0 Å². The van der Waals surface area contributed by atoms with Crippen molar-refractivity contribution in [2.24, 2.45) is 0 Å². The molecule has 0 unspecified atom stereocenters. The van der Waals surface area contributed by atoms with Crippen LogP contribution in [0.1, 0.15) is 10.4 Å². The van der Waals surface area contributed by atoms with Gasteiger partial charge < -0.3 is 14.8 Å². The Morgan fingerprint density at radius 1 is 1.21 bits per heavy atom. The molecule has 126 valence electrons. The van der Waals surface area contributed by atoms with Gasteiger partial charge in [-0.15, -0.1) is 0 Å². The van der Waals surface area contributed by atoms with E-state index >= 15 is 0 Å². The highest BCUT2D eigenvalue weighted by Crippen LogP contribution is 2.29. The van der Waals surface area contributed by atoms with E-state index in [2.05, 4.69) is 10.1 Å². The van der Waals surface area contributed by atoms with Crippen LogP contribution >= 0.6 is 0 Å². The first kappa shape index (κ1) is 17.1. The van der Waals surface area contributed by atoms with Gasteiger partial charge in [0.05, 0.1) is 17.7 Å². The zero-order valence-electron chi connectivity index (χ0n) is 12.4. The molecule has 0 aliphatic rings. The summed E-state index contributed by atoms with van der Waals surface area (Å²) in [6.07, 6.45) is 0. The van der Waals surface area contributed by atoms with Gasteiger partial charge in [-0.05, 0) is 24.3 Å². The van der Waals surface area contributed by atoms with Crippen LogP contribution in [0, 0.1) is 10.1 Å². The van der Waals surface area contributed by atoms with Gasteiger partial charge in [-0.25, -0.2) is 0 Å². The van der Waals surface area contributed by atoms with Crippen molar-refractivity contribution in [2.75, 3.05) is 12.4 Å². The molecule has 0 aliphatic carbocycles. The molecule has 2 aromatic rings. The Morgan fingerprint density at radius 3 is 2.54 bits per heavy atom. The van der Waals surface area contributed by atoms with Crippen molar-refractivity contribution in [1.82, 2.24) is 0 Å². The van der Waals surface area contributed by atoms with Crippen LogP contribution in [0.2, 0.25) is 0 Å². The van der Waals surface area contributed by atoms with Gasteiger partial charge in [-0.1, -0.05) is 12.1 Å². The molecule has 0 aromatic heterocycles. The number of methoxy groups -OCH3 is 1. The van der Waals surface area contributed by atoms with Crippen molar-refractivity contribution in [3.63, 3.8) is 0 Å². The molecule has 0 fully saturated rings. The fraction of sp³-hybridized carbons (Fsp3) is 0.133. The number of ether oxygens (including phenoxy) is 2. The third-order valence-electron chi connectivity index (χ3n) is 2.99. The van der Waals surface area contributed by atoms with E-state index in [1.807, 2.05) is 0 Å². The number of nitro benzene ring substituents is 1. The second-order valence-corrected chi connectivity index (χ2v) is 4.47. The van der Waals surface area contributed by atoms with Crippen LogP contribution in [0.5, 0.6) is 11.5 Å². The summed E-state index contributed by atoms with van der Waals surface area (Å²) >= 11 is 0. The Labute approximate surface area is 135 Å². The summed E-state index contributed by atoms with van der Waals surface area (Å²) < 4.78 is 33.9. The number of amides is 1. The van der Waals surface area contributed by atoms with Crippen LogP contribution in [0.15, 0.2) is 42.5 Å². The molecule has 0 aliphatic heterocycles. The highest BCUT2D eigenvalue weighted by molar-refractivity contribution is 6.05. The molecule has 0 saturated heterocycles. The van der Waals surface area contributed by atoms with Crippen LogP contribution in [0.25, 0.3) is 0 Å². The number of hydrogen-bond donors (Lipinski definition) is 1. The number of benzene rings is 2. The zero-order chi connectivity index (χ0) is 17.7. The Hall–Kier alpha value is -3.23. The van der Waals surface area contributed by atoms with Gasteiger partial charge in [0.25, 0.3) is 5.91 Å². The van der Waals surface area contributed by atoms with E-state index in [4.69, 9.17) is 4.74 Å². The average Bonchev–Trinajstić information content (AvgIpc) is 2.55. The third kappa shape index (κ3) is 3.94. The predicted molar refractivity (Wildman–Crippen MR) is 80.7 cm³/mol. The fourth-order valence-corrected chi connectivity index (χ4v) is 1.94. The number of nitro groups is 1. The molecule has 0 atom stereocenters. The molecule has 24 heavy (non-hydrogen) atoms. The molecule has 7 nitrogen and oxygen atoms in total. The van der Waals surface area contributed by atoms with E-state index < -0.39 is 17.4 Å². The van der Waals surface area contributed by atoms with Crippen LogP contribution in [0.4, 0.5) is 20.2 Å². The number of nitrogens with one attached hydrogen (secondary N) is 1. The highest BCUT2D eigenvalue weighted by atomic mass is 19.3. The summed E-state index contributed by atoms with van der Waals surface area (Å²) in [6, 6.07) is 9.24. The molecule has 0 radical (unpaired) electrons. The van der Waals surface area contributed by atoms with Crippen molar-refractivity contribution < 1.29 is 28.0 Å². The summed E-state index contributed by atoms with van der Waals surface area (Å²) in [5.74, 6) is -0.937. The summed E-state index contributed by atoms with van der Waals surface area (Å²) in [5.41, 5.74) is -0.405. The molecule has 9 heteroatoms. The minimum absolute atomic E-state index is 0.00187. The summed E-state index contributed by atoms with van der Waals surface area (Å²) in [6.45, 7) is -3.05. The first-order valence-electron chi connectivity index (χ1n) is 6.60. The van der Waals surface area contributed by atoms with Crippen LogP contribution in [-0.4, -0.2) is 24.6 Å². The minimum atomic E-state index is -3.05. The first-order chi connectivity index (χ1) is 11.4. The van der Waals surface area contributed by atoms with Gasteiger partial charge in [0, 0.05) is 11.6 Å². The SMILES string of the molecule is COc1ccc(C(=O)Nc2ccccc2OC(F)F)cc1[N+](=O)[O-]. The number of hydrogen-bond acceptors (Lipinski definition) is 5. The number of nitrogens with zero attached hydrogens (tertiary/aromatic N) is 1. The third-order valence-corrected chi connectivity index (χ3v) is 2.99. The van der Waals surface area contributed by atoms with Crippen LogP contribution in [0.3, 0.4) is 0 Å². The molecule has 1 N–H and O–H groups in total. The van der Waals surface area contributed by atoms with E-state index in [0.29, 0.717) is 0 Å². The van der Waals surface area contributed by atoms with E-state index in [1.54, 1.807) is 0 Å². The molecule has 2 aromatic carbocycles. The summed E-state index contributed by atoms with van der Waals surface area (Å²) in [7, 11) is 1.26. The molecule has 0 bridgehead atoms. The number of anilines is 1. The Balaban J connectivity index is 2.28. The fourth-order valence-electron chi connectivity index (χ4n) is 1.94. The Morgan fingerprint density at radius 2 is 1.92 bits per heavy atom. The lowest BCUT2D eigenvalue weighted by molar-refractivity contribution is -0.385. The minimum Gasteiger partial charge on any atom is -0.490 e. The molecule has 1 amide bonds. The van der Waals surface area contributed by atoms with Gasteiger partial charge >= 0.3 is 12.3 Å². The van der Waals surface area contributed by atoms with Gasteiger partial charge in [-0.2, -0.15) is 8.78 Å². The van der Waals surface area contributed by atoms with Gasteiger partial charge in [0.15, 0.2) is 5.75 Å². The summed E-state index contributed by atoms with van der Waals surface area (Å²) in [4.78, 5) is 22.5. The maximum Gasteiger partial charge on any atom is 0.387 e. The van der Waals surface area contributed by atoms with E-state index in [0.717, 1.165) is 6.07 Å². The van der Waals surface area contributed by atoms with Crippen molar-refractivity contribution in [2.45, 2.75) is 6.61 Å². The average molecular weight is 338 g/mol. The van der Waals surface area contributed by atoms with E-state index in [-0.39, 0.29) is 28.4 Å². The lowest BCUT2D eigenvalue weighted by Crippen LogP contribution is -2.14. The largest absolute Gasteiger partial charge is 0.490 e. The summed E-state index contributed by atoms with van der Waals surface area (Å²) in [5, 5.41) is 13.4. The second-order valence-electron chi connectivity index (χ2n) is 4.47. The van der Waals surface area contributed by atoms with Gasteiger partial charge in [-0.3, -0.25) is 14.9 Å². The lowest BCUT2D eigenvalue weighted by atomic mass is 10.1. The van der Waals surface area contributed by atoms with Crippen molar-refractivity contribution in [3.8, 4) is 11.5 Å². The quantitative estimate of drug-likeness (QED) is 0.643. The lowest BCUT2D eigenvalue weighted by Gasteiger charge is -2.12. The monoisotopic (exact) mass is 338 g/mol. The van der Waals surface area contributed by atoms with E-state index in [9.17, 15) is 23.7 Å². The van der Waals surface area contributed by atoms with Crippen molar-refractivity contribution >= 4 is 17.3 Å². The molecule has 0 heterocycles. The Kier molecular flexibility index (Phi) is 5.25. The first-order valence-corrected chi connectivity index (χ1v) is 6.60. The molecular weight excluding hydrogens is 326 g/mol. The van der Waals surface area contributed by atoms with Crippen molar-refractivity contribution in [1.29, 1.82) is 0 Å². The van der Waals surface area contributed by atoms with E-state index in [1.165, 1.54) is 43.5 Å². The Bertz CT molecular complexity index is 767. The van der Waals surface area contributed by atoms with Crippen molar-refractivity contribution in [3.05, 3.63) is 58.1 Å². The zero-order valence-corrected chi connectivity index (χ0v) is 12.4. The smallest absolute Gasteiger partial charge is 0.387 e. The number of rotatable bonds is 6. The number of carbonyl (C=O) groups excluding carboxylic acids is 1.